The lowest BCUT2D eigenvalue weighted by molar-refractivity contribution is 0.0988. The van der Waals surface area contributed by atoms with E-state index in [1.54, 1.807) is 0 Å². The van der Waals surface area contributed by atoms with Crippen LogP contribution < -0.4 is 4.90 Å². The highest BCUT2D eigenvalue weighted by Crippen LogP contribution is 2.21. The molecule has 90 valence electrons. The van der Waals surface area contributed by atoms with Gasteiger partial charge in [-0.3, -0.25) is 4.79 Å². The maximum absolute atomic E-state index is 11.9. The van der Waals surface area contributed by atoms with E-state index in [0.29, 0.717) is 13.0 Å². The molecule has 0 aliphatic carbocycles. The Labute approximate surface area is 104 Å². The second kappa shape index (κ2) is 6.75. The molecule has 2 heteroatoms. The number of carbonyl (C=O) groups excluding carboxylic acids is 1. The molecule has 1 aromatic rings. The van der Waals surface area contributed by atoms with Crippen molar-refractivity contribution in [2.45, 2.75) is 26.7 Å². The summed E-state index contributed by atoms with van der Waals surface area (Å²) in [5.74, 6) is 2.82. The van der Waals surface area contributed by atoms with Gasteiger partial charge in [-0.2, -0.15) is 0 Å². The summed E-state index contributed by atoms with van der Waals surface area (Å²) in [6.45, 7) is 5.40. The first-order chi connectivity index (χ1) is 8.24. The second-order valence-electron chi connectivity index (χ2n) is 3.92. The molecule has 0 fully saturated rings. The fourth-order valence-corrected chi connectivity index (χ4v) is 1.84. The Hall–Kier alpha value is -1.75. The standard InChI is InChI=1S/C15H19NO/c1-4-11-16(12-5-2)14-10-8-7-9-13(14)15(17)6-3/h1,7-10H,5-6,11-12H2,2-3H3. The van der Waals surface area contributed by atoms with Crippen LogP contribution in [0.1, 0.15) is 37.0 Å². The Kier molecular flexibility index (Phi) is 5.29. The molecule has 0 N–H and O–H groups in total. The van der Waals surface area contributed by atoms with Gasteiger partial charge in [-0.25, -0.2) is 0 Å². The van der Waals surface area contributed by atoms with E-state index in [1.165, 1.54) is 0 Å². The van der Waals surface area contributed by atoms with Crippen molar-refractivity contribution in [1.29, 1.82) is 0 Å². The minimum Gasteiger partial charge on any atom is -0.360 e. The third-order valence-electron chi connectivity index (χ3n) is 2.64. The van der Waals surface area contributed by atoms with Gasteiger partial charge < -0.3 is 4.90 Å². The molecule has 2 nitrogen and oxygen atoms in total. The highest BCUT2D eigenvalue weighted by molar-refractivity contribution is 6.01. The summed E-state index contributed by atoms with van der Waals surface area (Å²) in [6, 6.07) is 7.68. The average molecular weight is 229 g/mol. The number of hydrogen-bond donors (Lipinski definition) is 0. The quantitative estimate of drug-likeness (QED) is 0.552. The zero-order chi connectivity index (χ0) is 12.7. The number of benzene rings is 1. The highest BCUT2D eigenvalue weighted by atomic mass is 16.1. The predicted octanol–water partition coefficient (Wildman–Crippen LogP) is 3.13. The summed E-state index contributed by atoms with van der Waals surface area (Å²) in [6.07, 6.45) is 6.91. The summed E-state index contributed by atoms with van der Waals surface area (Å²) in [5, 5.41) is 0. The molecule has 0 radical (unpaired) electrons. The van der Waals surface area contributed by atoms with Crippen LogP contribution in [0, 0.1) is 12.3 Å². The highest BCUT2D eigenvalue weighted by Gasteiger charge is 2.13. The molecule has 0 aromatic heterocycles. The van der Waals surface area contributed by atoms with E-state index >= 15 is 0 Å². The van der Waals surface area contributed by atoms with Crippen molar-refractivity contribution in [1.82, 2.24) is 0 Å². The first-order valence-corrected chi connectivity index (χ1v) is 6.05. The minimum atomic E-state index is 0.165. The van der Waals surface area contributed by atoms with Crippen LogP contribution >= 0.6 is 0 Å². The Morgan fingerprint density at radius 2 is 2.06 bits per heavy atom. The predicted molar refractivity (Wildman–Crippen MR) is 72.4 cm³/mol. The molecule has 0 aliphatic heterocycles. The Morgan fingerprint density at radius 1 is 1.35 bits per heavy atom. The lowest BCUT2D eigenvalue weighted by atomic mass is 10.1. The summed E-state index contributed by atoms with van der Waals surface area (Å²) in [5.41, 5.74) is 1.73. The van der Waals surface area contributed by atoms with Crippen LogP contribution in [-0.4, -0.2) is 18.9 Å². The first kappa shape index (κ1) is 13.3. The van der Waals surface area contributed by atoms with E-state index in [-0.39, 0.29) is 5.78 Å². The Morgan fingerprint density at radius 3 is 2.65 bits per heavy atom. The molecule has 0 heterocycles. The normalized spacial score (nSPS) is 9.71. The lowest BCUT2D eigenvalue weighted by Crippen LogP contribution is -2.26. The zero-order valence-corrected chi connectivity index (χ0v) is 10.6. The number of hydrogen-bond acceptors (Lipinski definition) is 2. The molecule has 0 bridgehead atoms. The number of nitrogens with zero attached hydrogens (tertiary/aromatic N) is 1. The van der Waals surface area contributed by atoms with Crippen molar-refractivity contribution in [3.05, 3.63) is 29.8 Å². The van der Waals surface area contributed by atoms with Crippen LogP contribution in [0.15, 0.2) is 24.3 Å². The molecule has 0 atom stereocenters. The van der Waals surface area contributed by atoms with Crippen molar-refractivity contribution in [3.8, 4) is 12.3 Å². The minimum absolute atomic E-state index is 0.165. The largest absolute Gasteiger partial charge is 0.360 e. The summed E-state index contributed by atoms with van der Waals surface area (Å²) >= 11 is 0. The number of para-hydroxylation sites is 1. The lowest BCUT2D eigenvalue weighted by Gasteiger charge is -2.24. The van der Waals surface area contributed by atoms with E-state index in [1.807, 2.05) is 31.2 Å². The smallest absolute Gasteiger partial charge is 0.164 e. The summed E-state index contributed by atoms with van der Waals surface area (Å²) < 4.78 is 0. The van der Waals surface area contributed by atoms with Crippen molar-refractivity contribution >= 4 is 11.5 Å². The molecular formula is C15H19NO. The van der Waals surface area contributed by atoms with Gasteiger partial charge in [0.2, 0.25) is 0 Å². The number of carbonyl (C=O) groups is 1. The van der Waals surface area contributed by atoms with Crippen LogP contribution in [0.25, 0.3) is 0 Å². The topological polar surface area (TPSA) is 20.3 Å². The van der Waals surface area contributed by atoms with Gasteiger partial charge in [0.25, 0.3) is 0 Å². The molecule has 0 aliphatic rings. The van der Waals surface area contributed by atoms with Crippen LogP contribution in [-0.2, 0) is 0 Å². The van der Waals surface area contributed by atoms with E-state index in [4.69, 9.17) is 6.42 Å². The van der Waals surface area contributed by atoms with Gasteiger partial charge in [0, 0.05) is 24.2 Å². The van der Waals surface area contributed by atoms with Gasteiger partial charge in [0.15, 0.2) is 5.78 Å². The fraction of sp³-hybridized carbons (Fsp3) is 0.400. The van der Waals surface area contributed by atoms with E-state index in [0.717, 1.165) is 24.2 Å². The van der Waals surface area contributed by atoms with Crippen molar-refractivity contribution in [3.63, 3.8) is 0 Å². The van der Waals surface area contributed by atoms with Gasteiger partial charge in [-0.05, 0) is 18.6 Å². The molecule has 1 aromatic carbocycles. The van der Waals surface area contributed by atoms with E-state index in [2.05, 4.69) is 17.7 Å². The third-order valence-corrected chi connectivity index (χ3v) is 2.64. The SMILES string of the molecule is C#CCN(CCC)c1ccccc1C(=O)CC. The first-order valence-electron chi connectivity index (χ1n) is 6.05. The van der Waals surface area contributed by atoms with E-state index in [9.17, 15) is 4.79 Å². The van der Waals surface area contributed by atoms with Crippen molar-refractivity contribution in [2.75, 3.05) is 18.0 Å². The second-order valence-corrected chi connectivity index (χ2v) is 3.92. The monoisotopic (exact) mass is 229 g/mol. The van der Waals surface area contributed by atoms with Gasteiger partial charge in [0.05, 0.1) is 6.54 Å². The molecule has 1 rings (SSSR count). The zero-order valence-electron chi connectivity index (χ0n) is 10.6. The third kappa shape index (κ3) is 3.35. The molecular weight excluding hydrogens is 210 g/mol. The Bertz CT molecular complexity index is 417. The number of anilines is 1. The van der Waals surface area contributed by atoms with Crippen molar-refractivity contribution in [2.24, 2.45) is 0 Å². The molecule has 0 amide bonds. The van der Waals surface area contributed by atoms with Crippen LogP contribution in [0.3, 0.4) is 0 Å². The van der Waals surface area contributed by atoms with Gasteiger partial charge in [-0.1, -0.05) is 31.9 Å². The average Bonchev–Trinajstić information content (AvgIpc) is 2.37. The van der Waals surface area contributed by atoms with Gasteiger partial charge in [0.1, 0.15) is 0 Å². The molecule has 0 spiro atoms. The Balaban J connectivity index is 3.09. The maximum Gasteiger partial charge on any atom is 0.164 e. The molecule has 17 heavy (non-hydrogen) atoms. The van der Waals surface area contributed by atoms with Crippen LogP contribution in [0.5, 0.6) is 0 Å². The fourth-order valence-electron chi connectivity index (χ4n) is 1.84. The number of rotatable bonds is 6. The summed E-state index contributed by atoms with van der Waals surface area (Å²) in [4.78, 5) is 14.0. The molecule has 0 saturated heterocycles. The van der Waals surface area contributed by atoms with Crippen LogP contribution in [0.2, 0.25) is 0 Å². The van der Waals surface area contributed by atoms with Gasteiger partial charge in [-0.15, -0.1) is 6.42 Å². The summed E-state index contributed by atoms with van der Waals surface area (Å²) in [7, 11) is 0. The maximum atomic E-state index is 11.9. The van der Waals surface area contributed by atoms with Crippen LogP contribution in [0.4, 0.5) is 5.69 Å². The molecule has 0 saturated carbocycles. The number of ketones is 1. The van der Waals surface area contributed by atoms with E-state index < -0.39 is 0 Å². The van der Waals surface area contributed by atoms with Crippen molar-refractivity contribution < 1.29 is 4.79 Å². The van der Waals surface area contributed by atoms with Gasteiger partial charge >= 0.3 is 0 Å². The molecule has 0 unspecified atom stereocenters. The number of terminal acetylenes is 1. The number of Topliss-reactive ketones (excluding diaryl/α,β-unsaturated/α-hetero) is 1.